The second-order valence-electron chi connectivity index (χ2n) is 4.99. The van der Waals surface area contributed by atoms with Gasteiger partial charge in [0, 0.05) is 19.2 Å². The lowest BCUT2D eigenvalue weighted by atomic mass is 9.98. The van der Waals surface area contributed by atoms with Crippen LogP contribution in [0.25, 0.3) is 0 Å². The van der Waals surface area contributed by atoms with E-state index in [9.17, 15) is 4.79 Å². The van der Waals surface area contributed by atoms with Crippen molar-refractivity contribution in [2.45, 2.75) is 12.8 Å². The molecule has 0 radical (unpaired) electrons. The maximum absolute atomic E-state index is 12.1. The smallest absolute Gasteiger partial charge is 0.176 e. The Morgan fingerprint density at radius 1 is 1.39 bits per heavy atom. The van der Waals surface area contributed by atoms with Gasteiger partial charge in [-0.25, -0.2) is 0 Å². The van der Waals surface area contributed by atoms with Crippen molar-refractivity contribution in [3.05, 3.63) is 35.9 Å². The Morgan fingerprint density at radius 2 is 2.17 bits per heavy atom. The highest BCUT2D eigenvalue weighted by atomic mass is 16.5. The second kappa shape index (κ2) is 6.66. The normalized spacial score (nSPS) is 20.8. The van der Waals surface area contributed by atoms with Gasteiger partial charge in [0.15, 0.2) is 5.78 Å². The van der Waals surface area contributed by atoms with E-state index in [0.717, 1.165) is 31.7 Å². The van der Waals surface area contributed by atoms with Crippen molar-refractivity contribution in [2.24, 2.45) is 5.92 Å². The van der Waals surface area contributed by atoms with Gasteiger partial charge in [-0.1, -0.05) is 30.3 Å². The first-order valence-electron chi connectivity index (χ1n) is 6.59. The Kier molecular flexibility index (Phi) is 4.90. The number of carbonyl (C=O) groups is 1. The van der Waals surface area contributed by atoms with E-state index in [1.807, 2.05) is 30.3 Å². The van der Waals surface area contributed by atoms with Crippen molar-refractivity contribution in [1.29, 1.82) is 0 Å². The van der Waals surface area contributed by atoms with Crippen LogP contribution in [0.4, 0.5) is 0 Å². The van der Waals surface area contributed by atoms with Gasteiger partial charge in [0.05, 0.1) is 13.2 Å². The Balaban J connectivity index is 1.87. The first-order chi connectivity index (χ1) is 8.79. The summed E-state index contributed by atoms with van der Waals surface area (Å²) < 4.78 is 5.21. The van der Waals surface area contributed by atoms with Gasteiger partial charge in [-0.2, -0.15) is 0 Å². The molecule has 98 valence electrons. The molecule has 1 fully saturated rings. The molecule has 0 spiro atoms. The average molecular weight is 247 g/mol. The molecule has 1 aromatic rings. The minimum Gasteiger partial charge on any atom is -0.384 e. The molecular weight excluding hydrogens is 226 g/mol. The van der Waals surface area contributed by atoms with Crippen LogP contribution in [-0.2, 0) is 4.74 Å². The summed E-state index contributed by atoms with van der Waals surface area (Å²) >= 11 is 0. The summed E-state index contributed by atoms with van der Waals surface area (Å²) in [5.74, 6) is 0.793. The van der Waals surface area contributed by atoms with Crippen LogP contribution in [0.1, 0.15) is 23.2 Å². The van der Waals surface area contributed by atoms with Gasteiger partial charge in [-0.05, 0) is 25.3 Å². The molecule has 1 saturated heterocycles. The number of hydrogen-bond donors (Lipinski definition) is 0. The molecule has 0 aliphatic carbocycles. The third kappa shape index (κ3) is 3.65. The van der Waals surface area contributed by atoms with Gasteiger partial charge in [-0.15, -0.1) is 0 Å². The number of likely N-dealkylation sites (tertiary alicyclic amines) is 1. The SMILES string of the molecule is COCC1CCCN(CC(=O)c2ccccc2)C1. The molecule has 0 amide bonds. The Labute approximate surface area is 109 Å². The fourth-order valence-corrected chi connectivity index (χ4v) is 2.59. The highest BCUT2D eigenvalue weighted by Gasteiger charge is 2.21. The molecule has 1 heterocycles. The first kappa shape index (κ1) is 13.2. The van der Waals surface area contributed by atoms with Crippen LogP contribution < -0.4 is 0 Å². The predicted octanol–water partition coefficient (Wildman–Crippen LogP) is 2.23. The number of piperidine rings is 1. The summed E-state index contributed by atoms with van der Waals surface area (Å²) in [4.78, 5) is 14.4. The lowest BCUT2D eigenvalue weighted by Crippen LogP contribution is -2.40. The monoisotopic (exact) mass is 247 g/mol. The molecule has 1 aliphatic rings. The predicted molar refractivity (Wildman–Crippen MR) is 71.8 cm³/mol. The van der Waals surface area contributed by atoms with Gasteiger partial charge >= 0.3 is 0 Å². The van der Waals surface area contributed by atoms with Crippen LogP contribution in [0.2, 0.25) is 0 Å². The van der Waals surface area contributed by atoms with Gasteiger partial charge in [0.25, 0.3) is 0 Å². The van der Waals surface area contributed by atoms with Crippen molar-refractivity contribution in [3.63, 3.8) is 0 Å². The largest absolute Gasteiger partial charge is 0.384 e. The summed E-state index contributed by atoms with van der Waals surface area (Å²) in [6, 6.07) is 9.54. The van der Waals surface area contributed by atoms with Crippen molar-refractivity contribution < 1.29 is 9.53 Å². The summed E-state index contributed by atoms with van der Waals surface area (Å²) in [6.45, 7) is 3.34. The van der Waals surface area contributed by atoms with Crippen LogP contribution in [0.15, 0.2) is 30.3 Å². The van der Waals surface area contributed by atoms with Crippen LogP contribution in [0.5, 0.6) is 0 Å². The molecule has 3 heteroatoms. The minimum atomic E-state index is 0.216. The number of ether oxygens (including phenoxy) is 1. The first-order valence-corrected chi connectivity index (χ1v) is 6.59. The van der Waals surface area contributed by atoms with E-state index in [1.165, 1.54) is 6.42 Å². The lowest BCUT2D eigenvalue weighted by molar-refractivity contribution is 0.0758. The van der Waals surface area contributed by atoms with E-state index in [4.69, 9.17) is 4.74 Å². The van der Waals surface area contributed by atoms with E-state index >= 15 is 0 Å². The lowest BCUT2D eigenvalue weighted by Gasteiger charge is -2.31. The number of hydrogen-bond acceptors (Lipinski definition) is 3. The zero-order valence-corrected chi connectivity index (χ0v) is 11.0. The molecule has 3 nitrogen and oxygen atoms in total. The Bertz CT molecular complexity index is 375. The van der Waals surface area contributed by atoms with Crippen molar-refractivity contribution in [1.82, 2.24) is 4.90 Å². The van der Waals surface area contributed by atoms with Crippen molar-refractivity contribution in [3.8, 4) is 0 Å². The molecule has 0 aromatic heterocycles. The number of benzene rings is 1. The molecule has 1 aromatic carbocycles. The van der Waals surface area contributed by atoms with Crippen LogP contribution >= 0.6 is 0 Å². The summed E-state index contributed by atoms with van der Waals surface area (Å²) in [5.41, 5.74) is 0.811. The molecule has 0 N–H and O–H groups in total. The summed E-state index contributed by atoms with van der Waals surface area (Å²) in [5, 5.41) is 0. The summed E-state index contributed by atoms with van der Waals surface area (Å²) in [7, 11) is 1.74. The van der Waals surface area contributed by atoms with Gasteiger partial charge in [0.2, 0.25) is 0 Å². The molecule has 1 atom stereocenters. The fraction of sp³-hybridized carbons (Fsp3) is 0.533. The maximum Gasteiger partial charge on any atom is 0.176 e. The van der Waals surface area contributed by atoms with Gasteiger partial charge < -0.3 is 4.74 Å². The highest BCUT2D eigenvalue weighted by molar-refractivity contribution is 5.97. The minimum absolute atomic E-state index is 0.216. The van der Waals surface area contributed by atoms with Crippen LogP contribution in [-0.4, -0.2) is 44.0 Å². The molecule has 1 aliphatic heterocycles. The summed E-state index contributed by atoms with van der Waals surface area (Å²) in [6.07, 6.45) is 2.37. The van der Waals surface area contributed by atoms with E-state index in [1.54, 1.807) is 7.11 Å². The molecule has 2 rings (SSSR count). The molecule has 18 heavy (non-hydrogen) atoms. The standard InChI is InChI=1S/C15H21NO2/c1-18-12-13-6-5-9-16(10-13)11-15(17)14-7-3-2-4-8-14/h2-4,7-8,13H,5-6,9-12H2,1H3. The number of ketones is 1. The van der Waals surface area contributed by atoms with Crippen molar-refractivity contribution in [2.75, 3.05) is 33.4 Å². The number of rotatable bonds is 5. The molecule has 0 saturated carbocycles. The van der Waals surface area contributed by atoms with E-state index in [2.05, 4.69) is 4.90 Å². The van der Waals surface area contributed by atoms with Gasteiger partial charge in [-0.3, -0.25) is 9.69 Å². The quantitative estimate of drug-likeness (QED) is 0.747. The molecule has 1 unspecified atom stereocenters. The average Bonchev–Trinajstić information content (AvgIpc) is 2.40. The highest BCUT2D eigenvalue weighted by Crippen LogP contribution is 2.17. The number of nitrogens with zero attached hydrogens (tertiary/aromatic N) is 1. The Morgan fingerprint density at radius 3 is 2.89 bits per heavy atom. The number of Topliss-reactive ketones (excluding diaryl/α,β-unsaturated/α-hetero) is 1. The second-order valence-corrected chi connectivity index (χ2v) is 4.99. The zero-order chi connectivity index (χ0) is 12.8. The third-order valence-electron chi connectivity index (χ3n) is 3.47. The van der Waals surface area contributed by atoms with Crippen molar-refractivity contribution >= 4 is 5.78 Å². The van der Waals surface area contributed by atoms with Gasteiger partial charge in [0.1, 0.15) is 0 Å². The fourth-order valence-electron chi connectivity index (χ4n) is 2.59. The third-order valence-corrected chi connectivity index (χ3v) is 3.47. The number of methoxy groups -OCH3 is 1. The topological polar surface area (TPSA) is 29.5 Å². The van der Waals surface area contributed by atoms with Crippen LogP contribution in [0, 0.1) is 5.92 Å². The van der Waals surface area contributed by atoms with Crippen LogP contribution in [0.3, 0.4) is 0 Å². The zero-order valence-electron chi connectivity index (χ0n) is 11.0. The van der Waals surface area contributed by atoms with E-state index in [-0.39, 0.29) is 5.78 Å². The molecular formula is C15H21NO2. The maximum atomic E-state index is 12.1. The Hall–Kier alpha value is -1.19. The van der Waals surface area contributed by atoms with E-state index in [0.29, 0.717) is 12.5 Å². The molecule has 0 bridgehead atoms. The number of carbonyl (C=O) groups excluding carboxylic acids is 1. The van der Waals surface area contributed by atoms with E-state index < -0.39 is 0 Å².